The zero-order valence-electron chi connectivity index (χ0n) is 12.2. The summed E-state index contributed by atoms with van der Waals surface area (Å²) in [6.07, 6.45) is -0.449. The number of ether oxygens (including phenoxy) is 1. The molecular formula is C15H21N3O2. The standard InChI is InChI=1S/C15H21N3O2/c1-4-18-13(12-8-6-7-11(3)9-12)10-16-14(18)17-15(19)20-5-2/h6-9,13H,4-5,10H2,1-3H3,(H,16,17,19). The Kier molecular flexibility index (Phi) is 4.61. The lowest BCUT2D eigenvalue weighted by Crippen LogP contribution is -2.42. The summed E-state index contributed by atoms with van der Waals surface area (Å²) in [6, 6.07) is 8.57. The van der Waals surface area contributed by atoms with Crippen LogP contribution in [-0.2, 0) is 4.74 Å². The SMILES string of the molecule is CCOC(=O)NC1=NCC(c2cccc(C)c2)N1CC. The number of alkyl carbamates (subject to hydrolysis) is 1. The second-order valence-electron chi connectivity index (χ2n) is 4.73. The largest absolute Gasteiger partial charge is 0.450 e. The van der Waals surface area contributed by atoms with Gasteiger partial charge in [-0.1, -0.05) is 29.8 Å². The third kappa shape index (κ3) is 3.10. The Hall–Kier alpha value is -2.04. The van der Waals surface area contributed by atoms with Gasteiger partial charge in [-0.15, -0.1) is 0 Å². The lowest BCUT2D eigenvalue weighted by atomic mass is 10.0. The van der Waals surface area contributed by atoms with Crippen molar-refractivity contribution in [3.63, 3.8) is 0 Å². The Morgan fingerprint density at radius 3 is 2.95 bits per heavy atom. The average molecular weight is 275 g/mol. The van der Waals surface area contributed by atoms with E-state index in [4.69, 9.17) is 4.74 Å². The molecule has 1 amide bonds. The molecule has 20 heavy (non-hydrogen) atoms. The van der Waals surface area contributed by atoms with Gasteiger partial charge < -0.3 is 9.64 Å². The van der Waals surface area contributed by atoms with Crippen molar-refractivity contribution in [2.24, 2.45) is 4.99 Å². The Bertz CT molecular complexity index is 514. The lowest BCUT2D eigenvalue weighted by Gasteiger charge is -2.26. The van der Waals surface area contributed by atoms with Crippen LogP contribution < -0.4 is 5.32 Å². The average Bonchev–Trinajstić information content (AvgIpc) is 2.81. The minimum Gasteiger partial charge on any atom is -0.450 e. The molecule has 0 saturated carbocycles. The number of aliphatic imine (C=N–C) groups is 1. The number of likely N-dealkylation sites (N-methyl/N-ethyl adjacent to an activating group) is 1. The van der Waals surface area contributed by atoms with Gasteiger partial charge >= 0.3 is 6.09 Å². The third-order valence-electron chi connectivity index (χ3n) is 3.32. The molecule has 1 aromatic carbocycles. The minimum absolute atomic E-state index is 0.178. The smallest absolute Gasteiger partial charge is 0.413 e. The fourth-order valence-electron chi connectivity index (χ4n) is 2.41. The number of rotatable bonds is 3. The summed E-state index contributed by atoms with van der Waals surface area (Å²) in [4.78, 5) is 18.0. The highest BCUT2D eigenvalue weighted by Crippen LogP contribution is 2.26. The summed E-state index contributed by atoms with van der Waals surface area (Å²) in [5.74, 6) is 0.595. The minimum atomic E-state index is -0.449. The maximum absolute atomic E-state index is 11.5. The number of nitrogens with one attached hydrogen (secondary N) is 1. The van der Waals surface area contributed by atoms with Crippen molar-refractivity contribution in [1.29, 1.82) is 0 Å². The predicted molar refractivity (Wildman–Crippen MR) is 78.8 cm³/mol. The molecule has 1 aliphatic heterocycles. The first kappa shape index (κ1) is 14.4. The summed E-state index contributed by atoms with van der Waals surface area (Å²) < 4.78 is 4.90. The molecule has 0 fully saturated rings. The van der Waals surface area contributed by atoms with E-state index in [9.17, 15) is 4.79 Å². The number of carbonyl (C=O) groups excluding carboxylic acids is 1. The molecule has 1 atom stereocenters. The second-order valence-corrected chi connectivity index (χ2v) is 4.73. The first-order valence-corrected chi connectivity index (χ1v) is 6.97. The number of hydrogen-bond donors (Lipinski definition) is 1. The number of hydrogen-bond acceptors (Lipinski definition) is 4. The monoisotopic (exact) mass is 275 g/mol. The molecule has 5 heteroatoms. The Morgan fingerprint density at radius 1 is 1.50 bits per heavy atom. The molecule has 1 N–H and O–H groups in total. The first-order valence-electron chi connectivity index (χ1n) is 6.97. The Labute approximate surface area is 119 Å². The van der Waals surface area contributed by atoms with Crippen LogP contribution in [0.5, 0.6) is 0 Å². The maximum Gasteiger partial charge on any atom is 0.413 e. The van der Waals surface area contributed by atoms with Crippen molar-refractivity contribution in [3.8, 4) is 0 Å². The van der Waals surface area contributed by atoms with Gasteiger partial charge in [0.15, 0.2) is 0 Å². The van der Waals surface area contributed by atoms with Crippen LogP contribution in [0.3, 0.4) is 0 Å². The molecule has 5 nitrogen and oxygen atoms in total. The normalized spacial score (nSPS) is 17.9. The molecule has 0 bridgehead atoms. The van der Waals surface area contributed by atoms with E-state index in [2.05, 4.69) is 53.3 Å². The van der Waals surface area contributed by atoms with E-state index in [1.807, 2.05) is 0 Å². The molecular weight excluding hydrogens is 254 g/mol. The van der Waals surface area contributed by atoms with Crippen LogP contribution >= 0.6 is 0 Å². The molecule has 108 valence electrons. The number of carbonyl (C=O) groups is 1. The van der Waals surface area contributed by atoms with Gasteiger partial charge in [-0.2, -0.15) is 0 Å². The Balaban J connectivity index is 2.10. The molecule has 0 radical (unpaired) electrons. The number of nitrogens with zero attached hydrogens (tertiary/aromatic N) is 2. The van der Waals surface area contributed by atoms with E-state index < -0.39 is 6.09 Å². The van der Waals surface area contributed by atoms with Crippen molar-refractivity contribution in [2.45, 2.75) is 26.8 Å². The molecule has 0 aliphatic carbocycles. The molecule has 0 saturated heterocycles. The van der Waals surface area contributed by atoms with E-state index >= 15 is 0 Å². The Morgan fingerprint density at radius 2 is 2.30 bits per heavy atom. The molecule has 2 rings (SSSR count). The summed E-state index contributed by atoms with van der Waals surface area (Å²) in [5, 5.41) is 2.71. The van der Waals surface area contributed by atoms with Gasteiger partial charge in [0.2, 0.25) is 5.96 Å². The van der Waals surface area contributed by atoms with Crippen molar-refractivity contribution >= 4 is 12.1 Å². The van der Waals surface area contributed by atoms with Gasteiger partial charge in [0, 0.05) is 6.54 Å². The van der Waals surface area contributed by atoms with Crippen LogP contribution in [0.1, 0.15) is 31.0 Å². The number of amides is 1. The van der Waals surface area contributed by atoms with Crippen molar-refractivity contribution in [1.82, 2.24) is 10.2 Å². The fourth-order valence-corrected chi connectivity index (χ4v) is 2.41. The van der Waals surface area contributed by atoms with Gasteiger partial charge in [-0.05, 0) is 26.3 Å². The van der Waals surface area contributed by atoms with Gasteiger partial charge in [0.1, 0.15) is 0 Å². The van der Waals surface area contributed by atoms with Crippen molar-refractivity contribution in [3.05, 3.63) is 35.4 Å². The van der Waals surface area contributed by atoms with Gasteiger partial charge in [0.25, 0.3) is 0 Å². The second kappa shape index (κ2) is 6.41. The summed E-state index contributed by atoms with van der Waals surface area (Å²) in [5.41, 5.74) is 2.45. The molecule has 1 heterocycles. The summed E-state index contributed by atoms with van der Waals surface area (Å²) in [7, 11) is 0. The molecule has 1 aromatic rings. The zero-order valence-corrected chi connectivity index (χ0v) is 12.2. The van der Waals surface area contributed by atoms with E-state index in [0.29, 0.717) is 19.1 Å². The highest BCUT2D eigenvalue weighted by molar-refractivity contribution is 5.95. The molecule has 0 spiro atoms. The van der Waals surface area contributed by atoms with E-state index in [0.717, 1.165) is 6.54 Å². The van der Waals surface area contributed by atoms with Gasteiger partial charge in [-0.25, -0.2) is 4.79 Å². The number of benzene rings is 1. The van der Waals surface area contributed by atoms with E-state index in [1.54, 1.807) is 6.92 Å². The molecule has 1 aliphatic rings. The van der Waals surface area contributed by atoms with Crippen LogP contribution in [0.2, 0.25) is 0 Å². The summed E-state index contributed by atoms with van der Waals surface area (Å²) >= 11 is 0. The van der Waals surface area contributed by atoms with E-state index in [1.165, 1.54) is 11.1 Å². The van der Waals surface area contributed by atoms with Gasteiger partial charge in [0.05, 0.1) is 19.2 Å². The van der Waals surface area contributed by atoms with Crippen LogP contribution in [0.4, 0.5) is 4.79 Å². The highest BCUT2D eigenvalue weighted by atomic mass is 16.5. The van der Waals surface area contributed by atoms with Crippen LogP contribution in [-0.4, -0.2) is 36.6 Å². The summed E-state index contributed by atoms with van der Waals surface area (Å²) in [6.45, 7) is 7.70. The van der Waals surface area contributed by atoms with Crippen molar-refractivity contribution < 1.29 is 9.53 Å². The molecule has 1 unspecified atom stereocenters. The van der Waals surface area contributed by atoms with Crippen LogP contribution in [0.25, 0.3) is 0 Å². The van der Waals surface area contributed by atoms with E-state index in [-0.39, 0.29) is 6.04 Å². The van der Waals surface area contributed by atoms with Crippen molar-refractivity contribution in [2.75, 3.05) is 19.7 Å². The lowest BCUT2D eigenvalue weighted by molar-refractivity contribution is 0.156. The number of guanidine groups is 1. The maximum atomic E-state index is 11.5. The quantitative estimate of drug-likeness (QED) is 0.922. The number of aryl methyl sites for hydroxylation is 1. The van der Waals surface area contributed by atoms with Gasteiger partial charge in [-0.3, -0.25) is 10.3 Å². The zero-order chi connectivity index (χ0) is 14.5. The highest BCUT2D eigenvalue weighted by Gasteiger charge is 2.29. The topological polar surface area (TPSA) is 53.9 Å². The first-order chi connectivity index (χ1) is 9.65. The predicted octanol–water partition coefficient (Wildman–Crippen LogP) is 2.47. The fraction of sp³-hybridized carbons (Fsp3) is 0.467. The third-order valence-corrected chi connectivity index (χ3v) is 3.32. The van der Waals surface area contributed by atoms with Crippen LogP contribution in [0, 0.1) is 6.92 Å². The van der Waals surface area contributed by atoms with Crippen LogP contribution in [0.15, 0.2) is 29.3 Å². The molecule has 0 aromatic heterocycles.